The number of nitrogens with two attached hydrogens (primary N) is 1. The van der Waals surface area contributed by atoms with E-state index in [1.165, 1.54) is 19.1 Å². The SMILES string of the molecule is CCn1c(=O)c(-c2c(Cl)c(OC)cc(OC)c2Cl)cc2cnc(-c3cc(N)c(N4C[C@@H](C)N(C(=O)O)[C@@H](C)C4)cc3OC)cc21. The molecule has 45 heavy (non-hydrogen) atoms. The van der Waals surface area contributed by atoms with Crippen LogP contribution < -0.4 is 30.4 Å². The summed E-state index contributed by atoms with van der Waals surface area (Å²) < 4.78 is 18.2. The molecule has 0 bridgehead atoms. The number of hydrogen-bond acceptors (Lipinski definition) is 8. The maximum atomic E-state index is 13.9. The highest BCUT2D eigenvalue weighted by Gasteiger charge is 2.34. The third-order valence-electron chi connectivity index (χ3n) is 8.24. The Hall–Kier alpha value is -4.35. The van der Waals surface area contributed by atoms with Crippen LogP contribution >= 0.6 is 23.2 Å². The number of anilines is 2. The average molecular weight is 657 g/mol. The lowest BCUT2D eigenvalue weighted by atomic mass is 10.0. The molecule has 0 unspecified atom stereocenters. The zero-order valence-corrected chi connectivity index (χ0v) is 27.4. The van der Waals surface area contributed by atoms with Gasteiger partial charge in [0.25, 0.3) is 5.56 Å². The summed E-state index contributed by atoms with van der Waals surface area (Å²) in [6, 6.07) is 8.30. The van der Waals surface area contributed by atoms with Crippen molar-refractivity contribution in [3.63, 3.8) is 0 Å². The Bertz CT molecular complexity index is 1820. The number of nitrogens with zero attached hydrogens (tertiary/aromatic N) is 4. The van der Waals surface area contributed by atoms with Gasteiger partial charge in [-0.15, -0.1) is 0 Å². The van der Waals surface area contributed by atoms with Crippen molar-refractivity contribution in [2.24, 2.45) is 0 Å². The molecule has 0 radical (unpaired) electrons. The van der Waals surface area contributed by atoms with E-state index in [0.29, 0.717) is 70.3 Å². The van der Waals surface area contributed by atoms with Crippen LogP contribution in [0.2, 0.25) is 10.0 Å². The van der Waals surface area contributed by atoms with Crippen molar-refractivity contribution in [2.45, 2.75) is 39.4 Å². The van der Waals surface area contributed by atoms with Crippen LogP contribution in [0.25, 0.3) is 33.3 Å². The smallest absolute Gasteiger partial charge is 0.407 e. The predicted octanol–water partition coefficient (Wildman–Crippen LogP) is 6.24. The Morgan fingerprint density at radius 2 is 1.56 bits per heavy atom. The van der Waals surface area contributed by atoms with Gasteiger partial charge >= 0.3 is 6.09 Å². The summed E-state index contributed by atoms with van der Waals surface area (Å²) in [4.78, 5) is 33.9. The van der Waals surface area contributed by atoms with Crippen molar-refractivity contribution < 1.29 is 24.1 Å². The van der Waals surface area contributed by atoms with Crippen LogP contribution in [-0.4, -0.2) is 72.2 Å². The summed E-state index contributed by atoms with van der Waals surface area (Å²) in [6.45, 7) is 6.96. The molecule has 4 aromatic rings. The van der Waals surface area contributed by atoms with Gasteiger partial charge in [0, 0.05) is 54.5 Å². The Morgan fingerprint density at radius 1 is 0.956 bits per heavy atom. The van der Waals surface area contributed by atoms with E-state index in [-0.39, 0.29) is 33.3 Å². The number of rotatable bonds is 7. The molecule has 1 fully saturated rings. The van der Waals surface area contributed by atoms with Gasteiger partial charge in [-0.3, -0.25) is 14.7 Å². The maximum Gasteiger partial charge on any atom is 0.407 e. The number of amides is 1. The monoisotopic (exact) mass is 655 g/mol. The van der Waals surface area contributed by atoms with Gasteiger partial charge in [-0.2, -0.15) is 0 Å². The second-order valence-electron chi connectivity index (χ2n) is 10.9. The van der Waals surface area contributed by atoms with E-state index < -0.39 is 6.09 Å². The molecule has 1 saturated heterocycles. The van der Waals surface area contributed by atoms with Crippen LogP contribution in [0.5, 0.6) is 17.2 Å². The highest BCUT2D eigenvalue weighted by atomic mass is 35.5. The summed E-state index contributed by atoms with van der Waals surface area (Å²) in [7, 11) is 4.52. The lowest BCUT2D eigenvalue weighted by molar-refractivity contribution is 0.0983. The highest BCUT2D eigenvalue weighted by Crippen LogP contribution is 2.46. The Kier molecular flexibility index (Phi) is 8.95. The molecular formula is C32H35Cl2N5O6. The van der Waals surface area contributed by atoms with Crippen molar-refractivity contribution in [3.05, 3.63) is 56.9 Å². The molecule has 0 aliphatic carbocycles. The summed E-state index contributed by atoms with van der Waals surface area (Å²) in [5.41, 5.74) is 9.99. The molecule has 1 aliphatic rings. The molecule has 2 aromatic heterocycles. The van der Waals surface area contributed by atoms with Crippen molar-refractivity contribution in [1.82, 2.24) is 14.5 Å². The zero-order valence-electron chi connectivity index (χ0n) is 25.9. The second kappa shape index (κ2) is 12.6. The molecule has 0 spiro atoms. The molecular weight excluding hydrogens is 621 g/mol. The number of nitrogen functional groups attached to an aromatic ring is 1. The summed E-state index contributed by atoms with van der Waals surface area (Å²) >= 11 is 13.3. The number of pyridine rings is 2. The van der Waals surface area contributed by atoms with Crippen molar-refractivity contribution in [3.8, 4) is 39.6 Å². The average Bonchev–Trinajstić information content (AvgIpc) is 3.00. The van der Waals surface area contributed by atoms with E-state index >= 15 is 0 Å². The lowest BCUT2D eigenvalue weighted by Crippen LogP contribution is -2.58. The summed E-state index contributed by atoms with van der Waals surface area (Å²) in [6.07, 6.45) is 0.738. The van der Waals surface area contributed by atoms with Crippen LogP contribution in [0.3, 0.4) is 0 Å². The topological polar surface area (TPSA) is 132 Å². The fraction of sp³-hybridized carbons (Fsp3) is 0.344. The van der Waals surface area contributed by atoms with Gasteiger partial charge in [-0.05, 0) is 39.0 Å². The van der Waals surface area contributed by atoms with Gasteiger partial charge in [0.15, 0.2) is 0 Å². The van der Waals surface area contributed by atoms with Crippen LogP contribution in [0.15, 0.2) is 41.3 Å². The second-order valence-corrected chi connectivity index (χ2v) is 11.7. The van der Waals surface area contributed by atoms with E-state index in [9.17, 15) is 14.7 Å². The molecule has 238 valence electrons. The van der Waals surface area contributed by atoms with Gasteiger partial charge < -0.3 is 34.5 Å². The first kappa shape index (κ1) is 32.1. The van der Waals surface area contributed by atoms with Gasteiger partial charge in [-0.25, -0.2) is 4.79 Å². The van der Waals surface area contributed by atoms with Gasteiger partial charge in [0.2, 0.25) is 0 Å². The zero-order chi connectivity index (χ0) is 32.7. The van der Waals surface area contributed by atoms with Gasteiger partial charge in [0.1, 0.15) is 17.2 Å². The number of benzene rings is 2. The minimum Gasteiger partial charge on any atom is -0.496 e. The number of halogens is 2. The van der Waals surface area contributed by atoms with Crippen molar-refractivity contribution in [2.75, 3.05) is 45.1 Å². The molecule has 2 atom stereocenters. The van der Waals surface area contributed by atoms with Crippen LogP contribution in [-0.2, 0) is 6.54 Å². The number of carbonyl (C=O) groups is 1. The Labute approximate surface area is 270 Å². The number of aryl methyl sites for hydroxylation is 1. The first-order chi connectivity index (χ1) is 21.4. The third kappa shape index (κ3) is 5.55. The molecule has 2 aromatic carbocycles. The molecule has 1 aliphatic heterocycles. The van der Waals surface area contributed by atoms with Crippen LogP contribution in [0.1, 0.15) is 20.8 Å². The Balaban J connectivity index is 1.62. The number of aromatic nitrogens is 2. The van der Waals surface area contributed by atoms with Crippen LogP contribution in [0.4, 0.5) is 16.2 Å². The number of hydrogen-bond donors (Lipinski definition) is 2. The van der Waals surface area contributed by atoms with Gasteiger partial charge in [-0.1, -0.05) is 23.2 Å². The first-order valence-electron chi connectivity index (χ1n) is 14.3. The molecule has 3 N–H and O–H groups in total. The molecule has 5 rings (SSSR count). The molecule has 1 amide bonds. The minimum absolute atomic E-state index is 0.195. The lowest BCUT2D eigenvalue weighted by Gasteiger charge is -2.44. The predicted molar refractivity (Wildman–Crippen MR) is 178 cm³/mol. The fourth-order valence-corrected chi connectivity index (χ4v) is 6.86. The van der Waals surface area contributed by atoms with Crippen molar-refractivity contribution in [1.29, 1.82) is 0 Å². The van der Waals surface area contributed by atoms with E-state index in [1.54, 1.807) is 36.1 Å². The summed E-state index contributed by atoms with van der Waals surface area (Å²) in [5.74, 6) is 1.19. The first-order valence-corrected chi connectivity index (χ1v) is 15.1. The largest absolute Gasteiger partial charge is 0.496 e. The third-order valence-corrected chi connectivity index (χ3v) is 8.99. The molecule has 3 heterocycles. The van der Waals surface area contributed by atoms with E-state index in [1.807, 2.05) is 32.9 Å². The maximum absolute atomic E-state index is 13.9. The number of fused-ring (bicyclic) bond motifs is 1. The number of carboxylic acid groups (broad SMARTS) is 1. The van der Waals surface area contributed by atoms with E-state index in [4.69, 9.17) is 48.1 Å². The molecule has 13 heteroatoms. The number of ether oxygens (including phenoxy) is 3. The summed E-state index contributed by atoms with van der Waals surface area (Å²) in [5, 5.41) is 10.7. The number of methoxy groups -OCH3 is 3. The normalized spacial score (nSPS) is 16.6. The highest BCUT2D eigenvalue weighted by molar-refractivity contribution is 6.41. The molecule has 11 nitrogen and oxygen atoms in total. The van der Waals surface area contributed by atoms with Gasteiger partial charge in [0.05, 0.1) is 71.6 Å². The number of piperazine rings is 1. The Morgan fingerprint density at radius 3 is 2.09 bits per heavy atom. The van der Waals surface area contributed by atoms with E-state index in [0.717, 1.165) is 5.69 Å². The quantitative estimate of drug-likeness (QED) is 0.222. The minimum atomic E-state index is -0.940. The van der Waals surface area contributed by atoms with Crippen LogP contribution in [0, 0.1) is 0 Å². The molecule has 0 saturated carbocycles. The van der Waals surface area contributed by atoms with E-state index in [2.05, 4.69) is 4.90 Å². The standard InChI is InChI=1S/C32H35Cl2N5O6/c1-7-38-23-10-22(19-9-21(35)24(11-25(19)43-4)37-14-16(2)39(32(41)42)17(3)15-37)36-13-18(23)8-20(31(38)40)28-29(33)26(44-5)12-27(45-6)30(28)34/h8-13,16-17H,7,14-15,35H2,1-6H3,(H,41,42)/t16-,17+. The fourth-order valence-electron chi connectivity index (χ4n) is 6.16. The van der Waals surface area contributed by atoms with Crippen molar-refractivity contribution >= 4 is 51.6 Å².